The fourth-order valence-electron chi connectivity index (χ4n) is 3.99. The number of nitrogens with zero attached hydrogens (tertiary/aromatic N) is 1. The van der Waals surface area contributed by atoms with E-state index in [1.807, 2.05) is 60.7 Å². The smallest absolute Gasteiger partial charge is 0.313 e. The molecule has 2 rings (SSSR count). The Labute approximate surface area is 220 Å². The topological polar surface area (TPSA) is 150 Å². The second-order valence-electron chi connectivity index (χ2n) is 9.44. The van der Waals surface area contributed by atoms with Crippen LogP contribution in [0, 0.1) is 0 Å². The number of carbonyl (C=O) groups excluding carboxylic acids is 4. The maximum absolute atomic E-state index is 13.2. The van der Waals surface area contributed by atoms with Crippen LogP contribution in [0.4, 0.5) is 0 Å². The third-order valence-electron chi connectivity index (χ3n) is 5.76. The number of primary amides is 3. The van der Waals surface area contributed by atoms with Gasteiger partial charge >= 0.3 is 11.8 Å². The molecular formula is C26H34N4O4S2. The minimum atomic E-state index is -1.35. The number of thioether (sulfide) groups is 2. The highest BCUT2D eigenvalue weighted by atomic mass is 32.2. The molecule has 2 unspecified atom stereocenters. The summed E-state index contributed by atoms with van der Waals surface area (Å²) in [5, 5.41) is 0. The second-order valence-corrected chi connectivity index (χ2v) is 12.7. The molecule has 0 aliphatic carbocycles. The molecule has 0 aliphatic heterocycles. The predicted octanol–water partition coefficient (Wildman–Crippen LogP) is 2.43. The summed E-state index contributed by atoms with van der Waals surface area (Å²) in [6.07, 6.45) is 0. The number of nitrogens with two attached hydrogens (primary N) is 3. The maximum atomic E-state index is 13.2. The number of carbonyl (C=O) groups is 4. The van der Waals surface area contributed by atoms with Crippen molar-refractivity contribution in [3.8, 4) is 0 Å². The summed E-state index contributed by atoms with van der Waals surface area (Å²) in [5.74, 6) is -3.23. The third-order valence-corrected chi connectivity index (χ3v) is 8.65. The van der Waals surface area contributed by atoms with Gasteiger partial charge in [0.05, 0.1) is 0 Å². The highest BCUT2D eigenvalue weighted by Crippen LogP contribution is 2.40. The molecule has 0 spiro atoms. The van der Waals surface area contributed by atoms with Crippen molar-refractivity contribution >= 4 is 47.2 Å². The van der Waals surface area contributed by atoms with Gasteiger partial charge in [0.1, 0.15) is 12.1 Å². The van der Waals surface area contributed by atoms with Crippen LogP contribution in [0.5, 0.6) is 0 Å². The van der Waals surface area contributed by atoms with Crippen molar-refractivity contribution in [3.63, 3.8) is 0 Å². The predicted molar refractivity (Wildman–Crippen MR) is 146 cm³/mol. The van der Waals surface area contributed by atoms with Gasteiger partial charge in [0.2, 0.25) is 11.8 Å². The molecule has 0 aromatic heterocycles. The lowest BCUT2D eigenvalue weighted by atomic mass is 9.93. The van der Waals surface area contributed by atoms with Crippen molar-refractivity contribution in [2.45, 2.75) is 60.8 Å². The monoisotopic (exact) mass is 530 g/mol. The second kappa shape index (κ2) is 12.3. The van der Waals surface area contributed by atoms with Gasteiger partial charge in [-0.25, -0.2) is 0 Å². The first-order chi connectivity index (χ1) is 16.8. The van der Waals surface area contributed by atoms with E-state index in [-0.39, 0.29) is 0 Å². The molecule has 36 heavy (non-hydrogen) atoms. The van der Waals surface area contributed by atoms with E-state index in [4.69, 9.17) is 17.2 Å². The average Bonchev–Trinajstić information content (AvgIpc) is 2.81. The minimum Gasteiger partial charge on any atom is -0.368 e. The number of hydrogen-bond acceptors (Lipinski definition) is 6. The minimum absolute atomic E-state index is 0.504. The molecule has 0 saturated carbocycles. The summed E-state index contributed by atoms with van der Waals surface area (Å²) in [6.45, 7) is 6.94. The van der Waals surface area contributed by atoms with Gasteiger partial charge in [0.15, 0.2) is 0 Å². The third kappa shape index (κ3) is 7.51. The molecule has 0 saturated heterocycles. The van der Waals surface area contributed by atoms with E-state index in [1.54, 1.807) is 27.7 Å². The van der Waals surface area contributed by atoms with E-state index in [9.17, 15) is 19.2 Å². The Morgan fingerprint density at radius 2 is 1.03 bits per heavy atom. The van der Waals surface area contributed by atoms with Gasteiger partial charge in [-0.3, -0.25) is 19.2 Å². The van der Waals surface area contributed by atoms with Gasteiger partial charge in [-0.15, -0.1) is 23.5 Å². The fraction of sp³-hybridized carbons (Fsp3) is 0.385. The number of hydrogen-bond donors (Lipinski definition) is 3. The van der Waals surface area contributed by atoms with Gasteiger partial charge in [-0.05, 0) is 38.8 Å². The lowest BCUT2D eigenvalue weighted by molar-refractivity contribution is -0.153. The van der Waals surface area contributed by atoms with Crippen molar-refractivity contribution in [3.05, 3.63) is 71.8 Å². The Hall–Kier alpha value is -2.98. The van der Waals surface area contributed by atoms with E-state index in [0.29, 0.717) is 11.5 Å². The Balaban J connectivity index is 2.49. The summed E-state index contributed by atoms with van der Waals surface area (Å²) >= 11 is 2.74. The Morgan fingerprint density at radius 1 is 0.694 bits per heavy atom. The van der Waals surface area contributed by atoms with Crippen LogP contribution < -0.4 is 17.2 Å². The normalized spacial score (nSPS) is 13.4. The molecule has 6 N–H and O–H groups in total. The molecule has 194 valence electrons. The molecule has 8 nitrogen and oxygen atoms in total. The van der Waals surface area contributed by atoms with Gasteiger partial charge in [-0.1, -0.05) is 60.7 Å². The first-order valence-electron chi connectivity index (χ1n) is 11.3. The zero-order valence-corrected chi connectivity index (χ0v) is 22.6. The van der Waals surface area contributed by atoms with Gasteiger partial charge in [0, 0.05) is 21.0 Å². The summed E-state index contributed by atoms with van der Waals surface area (Å²) in [5.41, 5.74) is 19.0. The van der Waals surface area contributed by atoms with Crippen LogP contribution in [0.1, 0.15) is 38.8 Å². The van der Waals surface area contributed by atoms with E-state index in [0.717, 1.165) is 16.0 Å². The first kappa shape index (κ1) is 29.3. The van der Waals surface area contributed by atoms with Crippen LogP contribution in [0.2, 0.25) is 0 Å². The van der Waals surface area contributed by atoms with Crippen molar-refractivity contribution in [1.29, 1.82) is 0 Å². The first-order valence-corrected chi connectivity index (χ1v) is 13.3. The van der Waals surface area contributed by atoms with E-state index in [1.165, 1.54) is 23.5 Å². The molecule has 0 bridgehead atoms. The van der Waals surface area contributed by atoms with Crippen LogP contribution >= 0.6 is 23.5 Å². The molecule has 2 aromatic carbocycles. The van der Waals surface area contributed by atoms with Gasteiger partial charge < -0.3 is 22.1 Å². The molecule has 4 amide bonds. The van der Waals surface area contributed by atoms with Crippen LogP contribution in [-0.4, -0.2) is 50.1 Å². The highest BCUT2D eigenvalue weighted by molar-refractivity contribution is 8.00. The van der Waals surface area contributed by atoms with Crippen LogP contribution in [0.3, 0.4) is 0 Å². The number of amides is 4. The molecule has 0 heterocycles. The zero-order chi connectivity index (χ0) is 27.1. The Morgan fingerprint density at radius 3 is 1.31 bits per heavy atom. The van der Waals surface area contributed by atoms with Crippen molar-refractivity contribution in [2.24, 2.45) is 17.2 Å². The van der Waals surface area contributed by atoms with Gasteiger partial charge in [0.25, 0.3) is 0 Å². The van der Waals surface area contributed by atoms with E-state index in [2.05, 4.69) is 0 Å². The molecule has 2 atom stereocenters. The van der Waals surface area contributed by atoms with Gasteiger partial charge in [-0.2, -0.15) is 0 Å². The van der Waals surface area contributed by atoms with E-state index < -0.39 is 45.2 Å². The van der Waals surface area contributed by atoms with Crippen molar-refractivity contribution < 1.29 is 19.2 Å². The Kier molecular flexibility index (Phi) is 10.0. The molecule has 0 radical (unpaired) electrons. The summed E-state index contributed by atoms with van der Waals surface area (Å²) < 4.78 is -2.00. The number of rotatable bonds is 12. The van der Waals surface area contributed by atoms with Crippen LogP contribution in [0.25, 0.3) is 0 Å². The lowest BCUT2D eigenvalue weighted by Crippen LogP contribution is -2.68. The summed E-state index contributed by atoms with van der Waals surface area (Å²) in [7, 11) is 0. The fourth-order valence-corrected chi connectivity index (χ4v) is 6.22. The van der Waals surface area contributed by atoms with Crippen LogP contribution in [-0.2, 0) is 30.7 Å². The Bertz CT molecular complexity index is 1000. The average molecular weight is 531 g/mol. The molecule has 0 fully saturated rings. The van der Waals surface area contributed by atoms with Crippen molar-refractivity contribution in [2.75, 3.05) is 0 Å². The standard InChI is InChI=1S/C26H34N4O4S2/c1-25(2,35-15-17-11-7-5-8-12-17)19(21(27)31)30(24(34)23(29)33)20(22(28)32)26(3,4)36-16-18-13-9-6-10-14-18/h5-14,19-20H,15-16H2,1-4H3,(H2,27,31)(H2,28,32)(H2,29,33). The zero-order valence-electron chi connectivity index (χ0n) is 21.0. The maximum Gasteiger partial charge on any atom is 0.313 e. The largest absolute Gasteiger partial charge is 0.368 e. The summed E-state index contributed by atoms with van der Waals surface area (Å²) in [6, 6.07) is 16.4. The van der Waals surface area contributed by atoms with E-state index >= 15 is 0 Å². The number of benzene rings is 2. The quantitative estimate of drug-likeness (QED) is 0.359. The molecular weight excluding hydrogens is 496 g/mol. The highest BCUT2D eigenvalue weighted by Gasteiger charge is 2.51. The van der Waals surface area contributed by atoms with Crippen LogP contribution in [0.15, 0.2) is 60.7 Å². The van der Waals surface area contributed by atoms with Crippen molar-refractivity contribution in [1.82, 2.24) is 4.90 Å². The molecule has 10 heteroatoms. The summed E-state index contributed by atoms with van der Waals surface area (Å²) in [4.78, 5) is 51.9. The SMILES string of the molecule is CC(C)(SCc1ccccc1)C(C(N)=O)N(C(=O)C(N)=O)C(C(N)=O)C(C)(C)SCc1ccccc1. The molecule has 2 aromatic rings. The lowest BCUT2D eigenvalue weighted by Gasteiger charge is -2.46. The molecule has 0 aliphatic rings.